The second-order valence-corrected chi connectivity index (χ2v) is 9.79. The van der Waals surface area contributed by atoms with E-state index in [4.69, 9.17) is 0 Å². The fourth-order valence-electron chi connectivity index (χ4n) is 4.80. The number of non-ortho nitro benzene ring substituents is 2. The van der Waals surface area contributed by atoms with Crippen LogP contribution < -0.4 is 21.3 Å². The smallest absolute Gasteiger partial charge is 0.319 e. The van der Waals surface area contributed by atoms with Crippen LogP contribution in [0, 0.1) is 25.6 Å². The summed E-state index contributed by atoms with van der Waals surface area (Å²) < 4.78 is 0. The Morgan fingerprint density at radius 3 is 1.71 bits per heavy atom. The van der Waals surface area contributed by atoms with Crippen LogP contribution in [0.4, 0.5) is 32.3 Å². The summed E-state index contributed by atoms with van der Waals surface area (Å²) in [6.45, 7) is 6.03. The van der Waals surface area contributed by atoms with Crippen molar-refractivity contribution in [3.8, 4) is 0 Å². The van der Waals surface area contributed by atoms with Crippen LogP contribution in [0.5, 0.6) is 0 Å². The summed E-state index contributed by atoms with van der Waals surface area (Å²) in [6.07, 6.45) is 1.86. The molecule has 0 spiro atoms. The van der Waals surface area contributed by atoms with E-state index in [0.29, 0.717) is 30.6 Å². The molecule has 1 aliphatic carbocycles. The number of amides is 4. The van der Waals surface area contributed by atoms with Gasteiger partial charge in [0.25, 0.3) is 11.4 Å². The first kappa shape index (κ1) is 25.4. The Balaban J connectivity index is 1.60. The fraction of sp³-hybridized carbons (Fsp3) is 0.391. The third-order valence-electron chi connectivity index (χ3n) is 5.79. The zero-order valence-corrected chi connectivity index (χ0v) is 19.7. The van der Waals surface area contributed by atoms with Crippen LogP contribution in [0.2, 0.25) is 0 Å². The van der Waals surface area contributed by atoms with E-state index >= 15 is 0 Å². The summed E-state index contributed by atoms with van der Waals surface area (Å²) in [7, 11) is 0. The number of nitrogens with zero attached hydrogens (tertiary/aromatic N) is 2. The second kappa shape index (κ2) is 9.95. The largest absolute Gasteiger partial charge is 0.335 e. The van der Waals surface area contributed by atoms with Gasteiger partial charge < -0.3 is 21.3 Å². The molecule has 2 atom stereocenters. The number of hydrogen-bond acceptors (Lipinski definition) is 6. The van der Waals surface area contributed by atoms with Crippen LogP contribution in [0.15, 0.2) is 48.5 Å². The van der Waals surface area contributed by atoms with Crippen molar-refractivity contribution < 1.29 is 19.4 Å². The molecular weight excluding hydrogens is 456 g/mol. The summed E-state index contributed by atoms with van der Waals surface area (Å²) in [6, 6.07) is 9.93. The molecule has 0 bridgehead atoms. The topological polar surface area (TPSA) is 169 Å². The molecule has 35 heavy (non-hydrogen) atoms. The van der Waals surface area contributed by atoms with Crippen molar-refractivity contribution in [1.29, 1.82) is 0 Å². The maximum Gasteiger partial charge on any atom is 0.319 e. The van der Waals surface area contributed by atoms with E-state index in [1.54, 1.807) is 0 Å². The van der Waals surface area contributed by atoms with E-state index in [1.165, 1.54) is 48.5 Å². The molecule has 12 heteroatoms. The predicted molar refractivity (Wildman–Crippen MR) is 130 cm³/mol. The lowest BCUT2D eigenvalue weighted by Gasteiger charge is -2.47. The summed E-state index contributed by atoms with van der Waals surface area (Å²) in [5, 5.41) is 32.9. The normalized spacial score (nSPS) is 20.8. The maximum absolute atomic E-state index is 12.7. The Hall–Kier alpha value is -4.22. The van der Waals surface area contributed by atoms with Gasteiger partial charge >= 0.3 is 12.1 Å². The lowest BCUT2D eigenvalue weighted by atomic mass is 9.67. The van der Waals surface area contributed by atoms with Gasteiger partial charge in [-0.1, -0.05) is 13.8 Å². The lowest BCUT2D eigenvalue weighted by molar-refractivity contribution is -0.385. The molecule has 4 N–H and O–H groups in total. The molecule has 0 saturated heterocycles. The van der Waals surface area contributed by atoms with Crippen molar-refractivity contribution in [3.05, 3.63) is 68.8 Å². The van der Waals surface area contributed by atoms with Crippen LogP contribution in [0.1, 0.15) is 40.0 Å². The second-order valence-electron chi connectivity index (χ2n) is 9.79. The molecule has 0 aliphatic heterocycles. The monoisotopic (exact) mass is 484 g/mol. The van der Waals surface area contributed by atoms with Gasteiger partial charge in [-0.15, -0.1) is 0 Å². The molecule has 0 heterocycles. The first-order valence-corrected chi connectivity index (χ1v) is 11.0. The number of rotatable bonds is 6. The van der Waals surface area contributed by atoms with E-state index in [2.05, 4.69) is 35.1 Å². The molecule has 1 saturated carbocycles. The van der Waals surface area contributed by atoms with Gasteiger partial charge in [-0.05, 0) is 55.9 Å². The van der Waals surface area contributed by atoms with Crippen LogP contribution >= 0.6 is 0 Å². The summed E-state index contributed by atoms with van der Waals surface area (Å²) in [5.41, 5.74) is -0.108. The molecule has 12 nitrogen and oxygen atoms in total. The number of nitrogens with one attached hydrogen (secondary N) is 4. The lowest BCUT2D eigenvalue weighted by Crippen LogP contribution is -2.58. The number of urea groups is 2. The predicted octanol–water partition coefficient (Wildman–Crippen LogP) is 4.78. The van der Waals surface area contributed by atoms with E-state index in [1.807, 2.05) is 6.92 Å². The Morgan fingerprint density at radius 2 is 1.26 bits per heavy atom. The Labute approximate surface area is 201 Å². The van der Waals surface area contributed by atoms with Crippen LogP contribution in [-0.2, 0) is 0 Å². The van der Waals surface area contributed by atoms with Gasteiger partial charge in [-0.25, -0.2) is 9.59 Å². The third kappa shape index (κ3) is 7.13. The molecule has 2 aromatic rings. The standard InChI is InChI=1S/C23H28N6O6/c1-22(2)12-17(26-20(30)24-15-4-8-18(9-5-15)28(32)33)13-23(3,14-22)27-21(31)25-16-6-10-19(11-7-16)29(34)35/h4-11,17H,12-14H2,1-3H3,(H2,24,26,30)(H2,25,27,31)/t17-,23-/m0/s1. The number of nitro benzene ring substituents is 2. The van der Waals surface area contributed by atoms with E-state index in [9.17, 15) is 29.8 Å². The Kier molecular flexibility index (Phi) is 7.22. The summed E-state index contributed by atoms with van der Waals surface area (Å²) in [4.78, 5) is 45.8. The minimum absolute atomic E-state index is 0.0705. The van der Waals surface area contributed by atoms with E-state index in [-0.39, 0.29) is 22.8 Å². The van der Waals surface area contributed by atoms with Crippen molar-refractivity contribution in [3.63, 3.8) is 0 Å². The number of benzene rings is 2. The minimum Gasteiger partial charge on any atom is -0.335 e. The van der Waals surface area contributed by atoms with Crippen molar-refractivity contribution >= 4 is 34.8 Å². The highest BCUT2D eigenvalue weighted by molar-refractivity contribution is 5.90. The molecule has 0 unspecified atom stereocenters. The van der Waals surface area contributed by atoms with Gasteiger partial charge in [0.2, 0.25) is 0 Å². The molecule has 1 aliphatic rings. The summed E-state index contributed by atoms with van der Waals surface area (Å²) in [5.74, 6) is 0. The molecule has 0 radical (unpaired) electrons. The molecule has 4 amide bonds. The molecule has 0 aromatic heterocycles. The molecule has 186 valence electrons. The first-order chi connectivity index (χ1) is 16.3. The van der Waals surface area contributed by atoms with Gasteiger partial charge in [0, 0.05) is 47.2 Å². The van der Waals surface area contributed by atoms with Gasteiger partial charge in [-0.3, -0.25) is 20.2 Å². The summed E-state index contributed by atoms with van der Waals surface area (Å²) >= 11 is 0. The number of nitro groups is 2. The highest BCUT2D eigenvalue weighted by atomic mass is 16.6. The number of hydrogen-bond donors (Lipinski definition) is 4. The molecule has 2 aromatic carbocycles. The van der Waals surface area contributed by atoms with Crippen LogP contribution in [0.3, 0.4) is 0 Å². The highest BCUT2D eigenvalue weighted by Crippen LogP contribution is 2.41. The average molecular weight is 485 g/mol. The van der Waals surface area contributed by atoms with E-state index < -0.39 is 27.4 Å². The van der Waals surface area contributed by atoms with Crippen molar-refractivity contribution in [2.75, 3.05) is 10.6 Å². The van der Waals surface area contributed by atoms with Gasteiger partial charge in [-0.2, -0.15) is 0 Å². The highest BCUT2D eigenvalue weighted by Gasteiger charge is 2.42. The quantitative estimate of drug-likeness (QED) is 0.340. The third-order valence-corrected chi connectivity index (χ3v) is 5.79. The molecule has 3 rings (SSSR count). The molecular formula is C23H28N6O6. The number of carbonyl (C=O) groups excluding carboxylic acids is 2. The van der Waals surface area contributed by atoms with E-state index in [0.717, 1.165) is 0 Å². The van der Waals surface area contributed by atoms with Crippen molar-refractivity contribution in [1.82, 2.24) is 10.6 Å². The maximum atomic E-state index is 12.7. The van der Waals surface area contributed by atoms with Crippen molar-refractivity contribution in [2.24, 2.45) is 5.41 Å². The average Bonchev–Trinajstić information content (AvgIpc) is 2.72. The van der Waals surface area contributed by atoms with Crippen molar-refractivity contribution in [2.45, 2.75) is 51.6 Å². The van der Waals surface area contributed by atoms with Gasteiger partial charge in [0.05, 0.1) is 9.85 Å². The Bertz CT molecular complexity index is 1120. The van der Waals surface area contributed by atoms with Gasteiger partial charge in [0.1, 0.15) is 0 Å². The number of anilines is 2. The number of carbonyl (C=O) groups is 2. The first-order valence-electron chi connectivity index (χ1n) is 11.0. The SMILES string of the molecule is CC1(C)C[C@H](NC(=O)Nc2ccc([N+](=O)[O-])cc2)C[C@](C)(NC(=O)Nc2ccc([N+](=O)[O-])cc2)C1. The zero-order chi connectivity index (χ0) is 25.8. The van der Waals surface area contributed by atoms with Gasteiger partial charge in [0.15, 0.2) is 0 Å². The van der Waals surface area contributed by atoms with Crippen LogP contribution in [-0.4, -0.2) is 33.5 Å². The Morgan fingerprint density at radius 1 is 0.800 bits per heavy atom. The zero-order valence-electron chi connectivity index (χ0n) is 19.7. The molecule has 1 fully saturated rings. The van der Waals surface area contributed by atoms with Crippen LogP contribution in [0.25, 0.3) is 0 Å². The fourth-order valence-corrected chi connectivity index (χ4v) is 4.80. The minimum atomic E-state index is -0.627.